The lowest BCUT2D eigenvalue weighted by Gasteiger charge is -2.16. The molecule has 2 aromatic heterocycles. The van der Waals surface area contributed by atoms with Crippen molar-refractivity contribution in [1.29, 1.82) is 0 Å². The zero-order valence-electron chi connectivity index (χ0n) is 14.1. The van der Waals surface area contributed by atoms with Gasteiger partial charge in [-0.05, 0) is 17.4 Å². The van der Waals surface area contributed by atoms with Gasteiger partial charge >= 0.3 is 11.7 Å². The van der Waals surface area contributed by atoms with Crippen LogP contribution in [0, 0.1) is 5.92 Å². The summed E-state index contributed by atoms with van der Waals surface area (Å²) in [5.41, 5.74) is 4.15. The molecule has 2 heterocycles. The highest BCUT2D eigenvalue weighted by Crippen LogP contribution is 2.12. The van der Waals surface area contributed by atoms with Gasteiger partial charge in [0.05, 0.1) is 0 Å². The first-order valence-electron chi connectivity index (χ1n) is 7.57. The summed E-state index contributed by atoms with van der Waals surface area (Å²) in [4.78, 5) is 49.0. The minimum absolute atomic E-state index is 0.0807. The van der Waals surface area contributed by atoms with Crippen molar-refractivity contribution >= 4 is 28.9 Å². The van der Waals surface area contributed by atoms with E-state index in [1.807, 2.05) is 13.8 Å². The van der Waals surface area contributed by atoms with Gasteiger partial charge in [-0.15, -0.1) is 11.3 Å². The van der Waals surface area contributed by atoms with Crippen LogP contribution in [-0.4, -0.2) is 27.5 Å². The van der Waals surface area contributed by atoms with E-state index in [0.29, 0.717) is 4.88 Å². The molecule has 0 atom stereocenters. The molecule has 0 saturated carbocycles. The fourth-order valence-corrected chi connectivity index (χ4v) is 2.87. The Bertz CT molecular complexity index is 909. The van der Waals surface area contributed by atoms with Crippen LogP contribution < -0.4 is 17.0 Å². The van der Waals surface area contributed by atoms with Crippen molar-refractivity contribution in [3.05, 3.63) is 48.8 Å². The summed E-state index contributed by atoms with van der Waals surface area (Å²) in [6, 6.07) is 3.24. The van der Waals surface area contributed by atoms with E-state index >= 15 is 0 Å². The Labute approximate surface area is 147 Å². The van der Waals surface area contributed by atoms with Gasteiger partial charge in [0.25, 0.3) is 5.56 Å². The Hall–Kier alpha value is -2.68. The Morgan fingerprint density at radius 1 is 1.32 bits per heavy atom. The van der Waals surface area contributed by atoms with E-state index < -0.39 is 29.6 Å². The summed E-state index contributed by atoms with van der Waals surface area (Å²) in [6.45, 7) is 3.38. The van der Waals surface area contributed by atoms with Crippen molar-refractivity contribution in [2.45, 2.75) is 20.4 Å². The fraction of sp³-hybridized carbons (Fsp3) is 0.375. The minimum atomic E-state index is -0.806. The number of anilines is 1. The Morgan fingerprint density at radius 3 is 2.56 bits per heavy atom. The van der Waals surface area contributed by atoms with Crippen molar-refractivity contribution in [3.63, 3.8) is 0 Å². The van der Waals surface area contributed by atoms with Crippen LogP contribution >= 0.6 is 11.3 Å². The van der Waals surface area contributed by atoms with Gasteiger partial charge in [0.1, 0.15) is 16.3 Å². The van der Waals surface area contributed by atoms with Crippen LogP contribution in [0.15, 0.2) is 27.1 Å². The van der Waals surface area contributed by atoms with Crippen molar-refractivity contribution in [2.24, 2.45) is 13.0 Å². The molecule has 9 heteroatoms. The zero-order chi connectivity index (χ0) is 18.7. The second kappa shape index (κ2) is 7.47. The van der Waals surface area contributed by atoms with Crippen molar-refractivity contribution in [3.8, 4) is 0 Å². The third-order valence-corrected chi connectivity index (χ3v) is 4.32. The van der Waals surface area contributed by atoms with E-state index in [-0.39, 0.29) is 23.8 Å². The molecule has 2 rings (SSSR count). The van der Waals surface area contributed by atoms with Gasteiger partial charge in [0, 0.05) is 13.6 Å². The average molecular weight is 365 g/mol. The minimum Gasteiger partial charge on any atom is -0.453 e. The summed E-state index contributed by atoms with van der Waals surface area (Å²) in [5, 5.41) is 1.70. The molecule has 0 aliphatic heterocycles. The first kappa shape index (κ1) is 18.7. The van der Waals surface area contributed by atoms with Crippen LogP contribution in [0.2, 0.25) is 0 Å². The van der Waals surface area contributed by atoms with E-state index in [2.05, 4.69) is 0 Å². The molecular weight excluding hydrogens is 346 g/mol. The lowest BCUT2D eigenvalue weighted by molar-refractivity contribution is 0.0479. The third kappa shape index (κ3) is 3.87. The highest BCUT2D eigenvalue weighted by atomic mass is 32.1. The van der Waals surface area contributed by atoms with Crippen LogP contribution in [0.1, 0.15) is 33.9 Å². The summed E-state index contributed by atoms with van der Waals surface area (Å²) in [5.74, 6) is -1.54. The van der Waals surface area contributed by atoms with Gasteiger partial charge in [-0.2, -0.15) is 0 Å². The summed E-state index contributed by atoms with van der Waals surface area (Å²) in [7, 11) is 1.27. The molecule has 0 spiro atoms. The SMILES string of the molecule is CC(C)Cn1c(N)c(C(=O)COC(=O)c2cccs2)c(=O)n(C)c1=O. The highest BCUT2D eigenvalue weighted by Gasteiger charge is 2.23. The normalized spacial score (nSPS) is 10.9. The Morgan fingerprint density at radius 2 is 2.00 bits per heavy atom. The van der Waals surface area contributed by atoms with Crippen LogP contribution in [0.4, 0.5) is 5.82 Å². The number of hydrogen-bond acceptors (Lipinski definition) is 7. The maximum atomic E-state index is 12.4. The molecule has 8 nitrogen and oxygen atoms in total. The largest absolute Gasteiger partial charge is 0.453 e. The number of nitrogens with two attached hydrogens (primary N) is 1. The zero-order valence-corrected chi connectivity index (χ0v) is 15.0. The summed E-state index contributed by atoms with van der Waals surface area (Å²) < 4.78 is 6.94. The topological polar surface area (TPSA) is 113 Å². The molecule has 0 bridgehead atoms. The molecule has 134 valence electrons. The second-order valence-electron chi connectivity index (χ2n) is 5.89. The number of carbonyl (C=O) groups excluding carboxylic acids is 2. The van der Waals surface area contributed by atoms with Crippen molar-refractivity contribution in [1.82, 2.24) is 9.13 Å². The molecule has 0 unspecified atom stereocenters. The number of carbonyl (C=O) groups is 2. The van der Waals surface area contributed by atoms with E-state index in [1.54, 1.807) is 17.5 Å². The fourth-order valence-electron chi connectivity index (χ4n) is 2.26. The van der Waals surface area contributed by atoms with Gasteiger partial charge < -0.3 is 10.5 Å². The van der Waals surface area contributed by atoms with E-state index in [0.717, 1.165) is 4.57 Å². The number of nitrogen functional groups attached to an aromatic ring is 1. The standard InChI is InChI=1S/C16H19N3O5S/c1-9(2)7-19-13(17)12(14(21)18(3)16(19)23)10(20)8-24-15(22)11-5-4-6-25-11/h4-6,9H,7-8,17H2,1-3H3. The monoisotopic (exact) mass is 365 g/mol. The lowest BCUT2D eigenvalue weighted by Crippen LogP contribution is -2.43. The molecule has 0 radical (unpaired) electrons. The molecule has 0 aliphatic carbocycles. The maximum Gasteiger partial charge on any atom is 0.348 e. The maximum absolute atomic E-state index is 12.4. The molecular formula is C16H19N3O5S. The van der Waals surface area contributed by atoms with E-state index in [9.17, 15) is 19.2 Å². The summed E-state index contributed by atoms with van der Waals surface area (Å²) >= 11 is 1.18. The summed E-state index contributed by atoms with van der Waals surface area (Å²) in [6.07, 6.45) is 0. The first-order valence-corrected chi connectivity index (χ1v) is 8.45. The van der Waals surface area contributed by atoms with Gasteiger partial charge in [0.15, 0.2) is 6.61 Å². The molecule has 0 aromatic carbocycles. The Kier molecular flexibility index (Phi) is 5.58. The van der Waals surface area contributed by atoms with Gasteiger partial charge in [0.2, 0.25) is 5.78 Å². The van der Waals surface area contributed by atoms with Crippen LogP contribution in [0.25, 0.3) is 0 Å². The molecule has 0 amide bonds. The van der Waals surface area contributed by atoms with Gasteiger partial charge in [-0.25, -0.2) is 9.59 Å². The number of ether oxygens (including phenoxy) is 1. The second-order valence-corrected chi connectivity index (χ2v) is 6.84. The number of nitrogens with zero attached hydrogens (tertiary/aromatic N) is 2. The predicted octanol–water partition coefficient (Wildman–Crippen LogP) is 0.886. The van der Waals surface area contributed by atoms with Crippen LogP contribution in [0.3, 0.4) is 0 Å². The number of hydrogen-bond donors (Lipinski definition) is 1. The Balaban J connectivity index is 2.33. The molecule has 25 heavy (non-hydrogen) atoms. The number of esters is 1. The molecule has 2 N–H and O–H groups in total. The number of Topliss-reactive ketones (excluding diaryl/α,β-unsaturated/α-hetero) is 1. The van der Waals surface area contributed by atoms with Crippen LogP contribution in [-0.2, 0) is 18.3 Å². The molecule has 0 fully saturated rings. The van der Waals surface area contributed by atoms with Crippen molar-refractivity contribution < 1.29 is 14.3 Å². The number of ketones is 1. The average Bonchev–Trinajstić information content (AvgIpc) is 3.09. The first-order chi connectivity index (χ1) is 11.7. The molecule has 0 aliphatic rings. The highest BCUT2D eigenvalue weighted by molar-refractivity contribution is 7.11. The van der Waals surface area contributed by atoms with Crippen molar-refractivity contribution in [2.75, 3.05) is 12.3 Å². The predicted molar refractivity (Wildman–Crippen MR) is 94.1 cm³/mol. The van der Waals surface area contributed by atoms with Gasteiger partial charge in [-0.1, -0.05) is 19.9 Å². The van der Waals surface area contributed by atoms with Crippen LogP contribution in [0.5, 0.6) is 0 Å². The van der Waals surface area contributed by atoms with E-state index in [1.165, 1.54) is 23.0 Å². The smallest absolute Gasteiger partial charge is 0.348 e. The third-order valence-electron chi connectivity index (χ3n) is 3.47. The quantitative estimate of drug-likeness (QED) is 0.601. The van der Waals surface area contributed by atoms with Gasteiger partial charge in [-0.3, -0.25) is 18.7 Å². The molecule has 2 aromatic rings. The lowest BCUT2D eigenvalue weighted by atomic mass is 10.1. The number of rotatable bonds is 6. The number of thiophene rings is 1. The molecule has 0 saturated heterocycles. The van der Waals surface area contributed by atoms with E-state index in [4.69, 9.17) is 10.5 Å². The number of aromatic nitrogens is 2.